The minimum Gasteiger partial charge on any atom is -0.497 e. The van der Waals surface area contributed by atoms with Crippen LogP contribution in [0.3, 0.4) is 0 Å². The van der Waals surface area contributed by atoms with Gasteiger partial charge in [-0.15, -0.1) is 0 Å². The van der Waals surface area contributed by atoms with Crippen molar-refractivity contribution in [3.05, 3.63) is 58.6 Å². The summed E-state index contributed by atoms with van der Waals surface area (Å²) in [5, 5.41) is 13.2. The monoisotopic (exact) mass is 379 g/mol. The molecule has 0 saturated heterocycles. The smallest absolute Gasteiger partial charge is 0.269 e. The van der Waals surface area contributed by atoms with Crippen molar-refractivity contribution in [1.82, 2.24) is 4.72 Å². The summed E-state index contributed by atoms with van der Waals surface area (Å²) < 4.78 is 31.5. The van der Waals surface area contributed by atoms with Crippen LogP contribution < -0.4 is 14.8 Å². The van der Waals surface area contributed by atoms with Gasteiger partial charge in [0.05, 0.1) is 16.9 Å². The molecule has 2 N–H and O–H groups in total. The van der Waals surface area contributed by atoms with Gasteiger partial charge < -0.3 is 10.1 Å². The number of nitrogens with zero attached hydrogens (tertiary/aromatic N) is 1. The van der Waals surface area contributed by atoms with Gasteiger partial charge in [0.1, 0.15) is 5.75 Å². The Balaban J connectivity index is 1.86. The van der Waals surface area contributed by atoms with Crippen LogP contribution in [0.1, 0.15) is 6.42 Å². The van der Waals surface area contributed by atoms with E-state index in [0.29, 0.717) is 11.4 Å². The van der Waals surface area contributed by atoms with E-state index >= 15 is 0 Å². The summed E-state index contributed by atoms with van der Waals surface area (Å²) in [5.74, 6) is 0.292. The second kappa shape index (κ2) is 8.41. The molecule has 0 atom stereocenters. The van der Waals surface area contributed by atoms with Crippen LogP contribution in [0.25, 0.3) is 0 Å². The molecule has 0 heterocycles. The summed E-state index contributed by atoms with van der Waals surface area (Å²) in [6, 6.07) is 11.2. The number of nitrogens with one attached hydrogen (secondary N) is 2. The third-order valence-corrected chi connectivity index (χ3v) is 4.85. The van der Waals surface area contributed by atoms with Crippen LogP contribution in [0.5, 0.6) is 5.75 Å². The van der Waals surface area contributed by atoms with Gasteiger partial charge in [0.2, 0.25) is 15.9 Å². The van der Waals surface area contributed by atoms with Gasteiger partial charge in [-0.2, -0.15) is 0 Å². The normalized spacial score (nSPS) is 11.0. The van der Waals surface area contributed by atoms with E-state index in [1.807, 2.05) is 0 Å². The molecule has 0 aromatic heterocycles. The average molecular weight is 379 g/mol. The number of carbonyl (C=O) groups excluding carboxylic acids is 1. The molecular weight excluding hydrogens is 362 g/mol. The lowest BCUT2D eigenvalue weighted by Crippen LogP contribution is -2.27. The van der Waals surface area contributed by atoms with Crippen LogP contribution in [0, 0.1) is 10.1 Å². The lowest BCUT2D eigenvalue weighted by atomic mass is 10.3. The van der Waals surface area contributed by atoms with E-state index in [1.165, 1.54) is 7.11 Å². The van der Waals surface area contributed by atoms with Crippen LogP contribution in [-0.4, -0.2) is 32.9 Å². The summed E-state index contributed by atoms with van der Waals surface area (Å²) in [6.45, 7) is -0.110. The SMILES string of the molecule is COc1ccc(NC(=O)CCNS(=O)(=O)c2ccc([N+](=O)[O-])cc2)cc1. The molecule has 9 nitrogen and oxygen atoms in total. The Bertz CT molecular complexity index is 879. The van der Waals surface area contributed by atoms with Gasteiger partial charge >= 0.3 is 0 Å². The Hall–Kier alpha value is -2.98. The molecule has 2 aromatic rings. The Morgan fingerprint density at radius 1 is 1.12 bits per heavy atom. The number of benzene rings is 2. The summed E-state index contributed by atoms with van der Waals surface area (Å²) in [6.07, 6.45) is -0.0712. The molecule has 0 bridgehead atoms. The highest BCUT2D eigenvalue weighted by molar-refractivity contribution is 7.89. The molecule has 138 valence electrons. The summed E-state index contributed by atoms with van der Waals surface area (Å²) in [7, 11) is -2.32. The number of hydrogen-bond acceptors (Lipinski definition) is 6. The van der Waals surface area contributed by atoms with Gasteiger partial charge in [0, 0.05) is 30.8 Å². The molecule has 0 aliphatic heterocycles. The van der Waals surface area contributed by atoms with Crippen LogP contribution in [0.4, 0.5) is 11.4 Å². The van der Waals surface area contributed by atoms with Crippen molar-refractivity contribution < 1.29 is 22.9 Å². The number of anilines is 1. The number of hydrogen-bond donors (Lipinski definition) is 2. The topological polar surface area (TPSA) is 128 Å². The molecule has 0 fully saturated rings. The number of non-ortho nitro benzene ring substituents is 1. The Kier molecular flexibility index (Phi) is 6.26. The largest absolute Gasteiger partial charge is 0.497 e. The molecule has 26 heavy (non-hydrogen) atoms. The maximum absolute atomic E-state index is 12.1. The highest BCUT2D eigenvalue weighted by Crippen LogP contribution is 2.16. The predicted molar refractivity (Wildman–Crippen MR) is 94.5 cm³/mol. The van der Waals surface area contributed by atoms with Gasteiger partial charge in [-0.05, 0) is 36.4 Å². The van der Waals surface area contributed by atoms with E-state index in [4.69, 9.17) is 4.74 Å². The average Bonchev–Trinajstić information content (AvgIpc) is 2.62. The van der Waals surface area contributed by atoms with Gasteiger partial charge in [-0.1, -0.05) is 0 Å². The van der Waals surface area contributed by atoms with Crippen LogP contribution in [0.15, 0.2) is 53.4 Å². The number of rotatable bonds is 8. The highest BCUT2D eigenvalue weighted by Gasteiger charge is 2.16. The van der Waals surface area contributed by atoms with E-state index in [9.17, 15) is 23.3 Å². The van der Waals surface area contributed by atoms with E-state index in [2.05, 4.69) is 10.0 Å². The standard InChI is InChI=1S/C16H17N3O6S/c1-25-14-6-2-12(3-7-14)18-16(20)10-11-17-26(23,24)15-8-4-13(5-9-15)19(21)22/h2-9,17H,10-11H2,1H3,(H,18,20). The van der Waals surface area contributed by atoms with Crippen molar-refractivity contribution in [3.63, 3.8) is 0 Å². The maximum atomic E-state index is 12.1. The van der Waals surface area contributed by atoms with E-state index in [0.717, 1.165) is 24.3 Å². The Labute approximate surface area is 150 Å². The molecule has 0 spiro atoms. The van der Waals surface area contributed by atoms with Crippen LogP contribution >= 0.6 is 0 Å². The zero-order chi connectivity index (χ0) is 19.2. The van der Waals surface area contributed by atoms with Gasteiger partial charge in [-0.3, -0.25) is 14.9 Å². The van der Waals surface area contributed by atoms with Crippen molar-refractivity contribution in [1.29, 1.82) is 0 Å². The number of nitro groups is 1. The minimum absolute atomic E-state index is 0.0712. The van der Waals surface area contributed by atoms with Crippen LogP contribution in [0.2, 0.25) is 0 Å². The van der Waals surface area contributed by atoms with Gasteiger partial charge in [0.25, 0.3) is 5.69 Å². The van der Waals surface area contributed by atoms with Crippen molar-refractivity contribution in [2.24, 2.45) is 0 Å². The lowest BCUT2D eigenvalue weighted by molar-refractivity contribution is -0.384. The molecule has 0 saturated carbocycles. The second-order valence-electron chi connectivity index (χ2n) is 5.18. The first-order valence-electron chi connectivity index (χ1n) is 7.50. The molecule has 2 rings (SSSR count). The first-order valence-corrected chi connectivity index (χ1v) is 8.98. The van der Waals surface area contributed by atoms with Crippen molar-refractivity contribution in [2.45, 2.75) is 11.3 Å². The third kappa shape index (κ3) is 5.26. The van der Waals surface area contributed by atoms with E-state index < -0.39 is 14.9 Å². The van der Waals surface area contributed by atoms with E-state index in [1.54, 1.807) is 24.3 Å². The quantitative estimate of drug-likeness (QED) is 0.533. The molecule has 0 radical (unpaired) electrons. The third-order valence-electron chi connectivity index (χ3n) is 3.38. The Morgan fingerprint density at radius 3 is 2.27 bits per heavy atom. The number of nitro benzene ring substituents is 1. The number of sulfonamides is 1. The first kappa shape index (κ1) is 19.3. The zero-order valence-electron chi connectivity index (χ0n) is 13.8. The van der Waals surface area contributed by atoms with E-state index in [-0.39, 0.29) is 29.5 Å². The fourth-order valence-electron chi connectivity index (χ4n) is 2.03. The Morgan fingerprint density at radius 2 is 1.73 bits per heavy atom. The second-order valence-corrected chi connectivity index (χ2v) is 6.94. The predicted octanol–water partition coefficient (Wildman–Crippen LogP) is 1.91. The minimum atomic E-state index is -3.85. The van der Waals surface area contributed by atoms with Crippen molar-refractivity contribution >= 4 is 27.3 Å². The number of amides is 1. The lowest BCUT2D eigenvalue weighted by Gasteiger charge is -2.08. The fraction of sp³-hybridized carbons (Fsp3) is 0.188. The van der Waals surface area contributed by atoms with Gasteiger partial charge in [0.15, 0.2) is 0 Å². The fourth-order valence-corrected chi connectivity index (χ4v) is 3.06. The number of carbonyl (C=O) groups is 1. The zero-order valence-corrected chi connectivity index (χ0v) is 14.7. The molecule has 0 unspecified atom stereocenters. The molecule has 0 aliphatic carbocycles. The first-order chi connectivity index (χ1) is 12.3. The molecule has 2 aromatic carbocycles. The summed E-state index contributed by atoms with van der Waals surface area (Å²) in [4.78, 5) is 21.7. The van der Waals surface area contributed by atoms with Crippen molar-refractivity contribution in [3.8, 4) is 5.75 Å². The highest BCUT2D eigenvalue weighted by atomic mass is 32.2. The molecular formula is C16H17N3O6S. The summed E-state index contributed by atoms with van der Waals surface area (Å²) >= 11 is 0. The molecule has 0 aliphatic rings. The van der Waals surface area contributed by atoms with Crippen LogP contribution in [-0.2, 0) is 14.8 Å². The molecule has 1 amide bonds. The summed E-state index contributed by atoms with van der Waals surface area (Å²) in [5.41, 5.74) is 0.358. The number of ether oxygens (including phenoxy) is 1. The number of methoxy groups -OCH3 is 1. The van der Waals surface area contributed by atoms with Gasteiger partial charge in [-0.25, -0.2) is 13.1 Å². The van der Waals surface area contributed by atoms with Crippen molar-refractivity contribution in [2.75, 3.05) is 19.0 Å². The maximum Gasteiger partial charge on any atom is 0.269 e. The molecule has 10 heteroatoms.